The van der Waals surface area contributed by atoms with Gasteiger partial charge in [-0.2, -0.15) is 0 Å². The molecule has 0 aliphatic rings. The van der Waals surface area contributed by atoms with Crippen LogP contribution in [0.5, 0.6) is 5.75 Å². The number of aromatic nitrogens is 1. The Kier molecular flexibility index (Phi) is 6.40. The van der Waals surface area contributed by atoms with E-state index in [2.05, 4.69) is 15.9 Å². The van der Waals surface area contributed by atoms with Crippen molar-refractivity contribution in [2.75, 3.05) is 0 Å². The number of hydrogen-bond acceptors (Lipinski definition) is 3. The predicted molar refractivity (Wildman–Crippen MR) is 106 cm³/mol. The number of pyridine rings is 1. The van der Waals surface area contributed by atoms with Crippen LogP contribution in [0.1, 0.15) is 11.3 Å². The number of ether oxygens (including phenoxy) is 1. The van der Waals surface area contributed by atoms with Gasteiger partial charge in [0, 0.05) is 17.7 Å². The SMILES string of the molecule is O=c1c(Br)c(OCc2ccc(F)cc2F)cc(CO)n1-c1c(Cl)cccc1Cl. The van der Waals surface area contributed by atoms with E-state index in [-0.39, 0.29) is 43.8 Å². The van der Waals surface area contributed by atoms with Crippen LogP contribution in [-0.4, -0.2) is 9.67 Å². The molecule has 2 aromatic carbocycles. The number of nitrogens with zero attached hydrogens (tertiary/aromatic N) is 1. The summed E-state index contributed by atoms with van der Waals surface area (Å²) in [5.41, 5.74) is -0.0807. The molecule has 0 spiro atoms. The normalized spacial score (nSPS) is 10.9. The maximum atomic E-state index is 13.8. The van der Waals surface area contributed by atoms with Gasteiger partial charge in [-0.25, -0.2) is 8.78 Å². The Morgan fingerprint density at radius 1 is 1.11 bits per heavy atom. The summed E-state index contributed by atoms with van der Waals surface area (Å²) in [6.07, 6.45) is 0. The average Bonchev–Trinajstić information content (AvgIpc) is 2.65. The molecule has 146 valence electrons. The molecular weight excluding hydrogens is 479 g/mol. The van der Waals surface area contributed by atoms with E-state index in [4.69, 9.17) is 27.9 Å². The summed E-state index contributed by atoms with van der Waals surface area (Å²) in [7, 11) is 0. The van der Waals surface area contributed by atoms with Gasteiger partial charge in [-0.3, -0.25) is 9.36 Å². The van der Waals surface area contributed by atoms with Crippen molar-refractivity contribution in [1.29, 1.82) is 0 Å². The Labute approximate surface area is 177 Å². The third kappa shape index (κ3) is 4.07. The largest absolute Gasteiger partial charge is 0.487 e. The van der Waals surface area contributed by atoms with Crippen LogP contribution in [0.15, 0.2) is 51.7 Å². The second-order valence-corrected chi connectivity index (χ2v) is 7.31. The molecule has 0 radical (unpaired) electrons. The van der Waals surface area contributed by atoms with Gasteiger partial charge in [-0.05, 0) is 40.2 Å². The highest BCUT2D eigenvalue weighted by molar-refractivity contribution is 9.10. The molecule has 3 rings (SSSR count). The second kappa shape index (κ2) is 8.61. The van der Waals surface area contributed by atoms with Gasteiger partial charge in [-0.15, -0.1) is 0 Å². The molecule has 9 heteroatoms. The Morgan fingerprint density at radius 2 is 1.79 bits per heavy atom. The first kappa shape index (κ1) is 20.8. The highest BCUT2D eigenvalue weighted by Crippen LogP contribution is 2.31. The van der Waals surface area contributed by atoms with E-state index in [1.807, 2.05) is 0 Å². The fourth-order valence-electron chi connectivity index (χ4n) is 2.58. The fourth-order valence-corrected chi connectivity index (χ4v) is 3.55. The summed E-state index contributed by atoms with van der Waals surface area (Å²) in [5, 5.41) is 10.2. The highest BCUT2D eigenvalue weighted by atomic mass is 79.9. The van der Waals surface area contributed by atoms with Crippen LogP contribution in [0.4, 0.5) is 8.78 Å². The molecule has 0 saturated carbocycles. The molecule has 0 aliphatic carbocycles. The Morgan fingerprint density at radius 3 is 2.39 bits per heavy atom. The van der Waals surface area contributed by atoms with Crippen LogP contribution in [0.2, 0.25) is 10.0 Å². The molecule has 0 aliphatic heterocycles. The van der Waals surface area contributed by atoms with Crippen molar-refractivity contribution in [1.82, 2.24) is 4.57 Å². The zero-order valence-corrected chi connectivity index (χ0v) is 17.2. The Hall–Kier alpha value is -1.93. The number of aliphatic hydroxyl groups excluding tert-OH is 1. The third-order valence-corrected chi connectivity index (χ3v) is 5.25. The van der Waals surface area contributed by atoms with Gasteiger partial charge in [-0.1, -0.05) is 29.3 Å². The number of aliphatic hydroxyl groups is 1. The van der Waals surface area contributed by atoms with Crippen LogP contribution in [-0.2, 0) is 13.2 Å². The molecule has 0 amide bonds. The van der Waals surface area contributed by atoms with Gasteiger partial charge in [0.1, 0.15) is 28.5 Å². The van der Waals surface area contributed by atoms with Gasteiger partial charge in [0.15, 0.2) is 0 Å². The van der Waals surface area contributed by atoms with E-state index in [1.165, 1.54) is 16.7 Å². The predicted octanol–water partition coefficient (Wildman–Crippen LogP) is 5.26. The lowest BCUT2D eigenvalue weighted by Gasteiger charge is -2.17. The van der Waals surface area contributed by atoms with Crippen molar-refractivity contribution in [3.05, 3.63) is 90.2 Å². The number of para-hydroxylation sites is 1. The monoisotopic (exact) mass is 489 g/mol. The maximum absolute atomic E-state index is 13.8. The Balaban J connectivity index is 2.04. The summed E-state index contributed by atoms with van der Waals surface area (Å²) in [4.78, 5) is 12.9. The van der Waals surface area contributed by atoms with Gasteiger partial charge >= 0.3 is 0 Å². The summed E-state index contributed by atoms with van der Waals surface area (Å²) >= 11 is 15.5. The molecule has 28 heavy (non-hydrogen) atoms. The average molecular weight is 491 g/mol. The summed E-state index contributed by atoms with van der Waals surface area (Å²) in [5.74, 6) is -1.39. The summed E-state index contributed by atoms with van der Waals surface area (Å²) < 4.78 is 33.5. The molecule has 0 unspecified atom stereocenters. The first-order valence-electron chi connectivity index (χ1n) is 7.90. The van der Waals surface area contributed by atoms with Crippen LogP contribution in [0.25, 0.3) is 5.69 Å². The topological polar surface area (TPSA) is 51.5 Å². The second-order valence-electron chi connectivity index (χ2n) is 5.71. The zero-order valence-electron chi connectivity index (χ0n) is 14.1. The summed E-state index contributed by atoms with van der Waals surface area (Å²) in [6.45, 7) is -0.753. The smallest absolute Gasteiger partial charge is 0.273 e. The van der Waals surface area contributed by atoms with E-state index >= 15 is 0 Å². The molecule has 0 saturated heterocycles. The van der Waals surface area contributed by atoms with Crippen molar-refractivity contribution >= 4 is 39.1 Å². The van der Waals surface area contributed by atoms with Crippen molar-refractivity contribution in [3.8, 4) is 11.4 Å². The first-order chi connectivity index (χ1) is 13.3. The van der Waals surface area contributed by atoms with Crippen LogP contribution < -0.4 is 10.3 Å². The van der Waals surface area contributed by atoms with Gasteiger partial charge < -0.3 is 9.84 Å². The zero-order chi connectivity index (χ0) is 20.4. The highest BCUT2D eigenvalue weighted by Gasteiger charge is 2.19. The number of hydrogen-bond donors (Lipinski definition) is 1. The quantitative estimate of drug-likeness (QED) is 0.531. The van der Waals surface area contributed by atoms with E-state index in [9.17, 15) is 18.7 Å². The molecule has 3 aromatic rings. The molecule has 0 bridgehead atoms. The van der Waals surface area contributed by atoms with Crippen molar-refractivity contribution in [2.45, 2.75) is 13.2 Å². The molecule has 4 nitrogen and oxygen atoms in total. The molecule has 1 heterocycles. The van der Waals surface area contributed by atoms with E-state index < -0.39 is 23.8 Å². The summed E-state index contributed by atoms with van der Waals surface area (Å²) in [6, 6.07) is 9.25. The first-order valence-corrected chi connectivity index (χ1v) is 9.44. The molecule has 0 atom stereocenters. The van der Waals surface area contributed by atoms with Crippen molar-refractivity contribution in [2.24, 2.45) is 0 Å². The maximum Gasteiger partial charge on any atom is 0.273 e. The van der Waals surface area contributed by atoms with E-state index in [0.717, 1.165) is 12.1 Å². The number of benzene rings is 2. The van der Waals surface area contributed by atoms with Gasteiger partial charge in [0.05, 0.1) is 28.0 Å². The molecule has 0 fully saturated rings. The lowest BCUT2D eigenvalue weighted by atomic mass is 10.2. The fraction of sp³-hybridized carbons (Fsp3) is 0.105. The third-order valence-electron chi connectivity index (χ3n) is 3.91. The van der Waals surface area contributed by atoms with Gasteiger partial charge in [0.2, 0.25) is 0 Å². The van der Waals surface area contributed by atoms with Gasteiger partial charge in [0.25, 0.3) is 5.56 Å². The van der Waals surface area contributed by atoms with E-state index in [1.54, 1.807) is 18.2 Å². The van der Waals surface area contributed by atoms with Crippen LogP contribution in [0.3, 0.4) is 0 Å². The lowest BCUT2D eigenvalue weighted by Crippen LogP contribution is -2.24. The minimum Gasteiger partial charge on any atom is -0.487 e. The molecular formula is C19H12BrCl2F2NO3. The minimum atomic E-state index is -0.769. The standard InChI is InChI=1S/C19H12BrCl2F2NO3/c20-17-16(28-9-10-4-5-11(23)6-15(10)24)7-12(8-26)25(19(17)27)18-13(21)2-1-3-14(18)22/h1-7,26H,8-9H2. The number of halogens is 5. The number of rotatable bonds is 5. The van der Waals surface area contributed by atoms with E-state index in [0.29, 0.717) is 0 Å². The van der Waals surface area contributed by atoms with Crippen molar-refractivity contribution < 1.29 is 18.6 Å². The lowest BCUT2D eigenvalue weighted by molar-refractivity contribution is 0.267. The molecule has 1 aromatic heterocycles. The minimum absolute atomic E-state index is 0.0307. The van der Waals surface area contributed by atoms with Crippen molar-refractivity contribution in [3.63, 3.8) is 0 Å². The Bertz CT molecular complexity index is 1090. The molecule has 1 N–H and O–H groups in total. The van der Waals surface area contributed by atoms with Crippen LogP contribution in [0, 0.1) is 11.6 Å². The van der Waals surface area contributed by atoms with Crippen LogP contribution >= 0.6 is 39.1 Å².